The van der Waals surface area contributed by atoms with Crippen LogP contribution in [-0.2, 0) is 9.53 Å². The van der Waals surface area contributed by atoms with Gasteiger partial charge in [0, 0.05) is 23.4 Å². The van der Waals surface area contributed by atoms with Crippen LogP contribution in [0.4, 0.5) is 20.2 Å². The second kappa shape index (κ2) is 14.2. The summed E-state index contributed by atoms with van der Waals surface area (Å²) in [6.45, 7) is 4.27. The van der Waals surface area contributed by atoms with E-state index >= 15 is 0 Å². The molecule has 0 aromatic heterocycles. The van der Waals surface area contributed by atoms with Gasteiger partial charge in [-0.25, -0.2) is 4.79 Å². The molecule has 0 bridgehead atoms. The van der Waals surface area contributed by atoms with E-state index in [2.05, 4.69) is 6.92 Å². The molecule has 208 valence electrons. The zero-order chi connectivity index (χ0) is 27.5. The second-order valence-electron chi connectivity index (χ2n) is 10.6. The molecule has 1 fully saturated rings. The minimum Gasteiger partial charge on any atom is -0.462 e. The van der Waals surface area contributed by atoms with Gasteiger partial charge in [-0.2, -0.15) is 8.78 Å². The van der Waals surface area contributed by atoms with Crippen molar-refractivity contribution in [1.29, 1.82) is 0 Å². The Morgan fingerprint density at radius 1 is 1.05 bits per heavy atom. The number of rotatable bonds is 13. The fourth-order valence-corrected chi connectivity index (χ4v) is 5.09. The van der Waals surface area contributed by atoms with Crippen LogP contribution in [0.15, 0.2) is 48.5 Å². The summed E-state index contributed by atoms with van der Waals surface area (Å²) >= 11 is 0. The maximum atomic E-state index is 14.8. The van der Waals surface area contributed by atoms with Gasteiger partial charge in [-0.1, -0.05) is 64.2 Å². The fourth-order valence-electron chi connectivity index (χ4n) is 5.09. The average Bonchev–Trinajstić information content (AvgIpc) is 2.89. The van der Waals surface area contributed by atoms with Gasteiger partial charge in [0.05, 0.1) is 12.5 Å². The molecule has 1 saturated carbocycles. The summed E-state index contributed by atoms with van der Waals surface area (Å²) in [5, 5.41) is 0. The van der Waals surface area contributed by atoms with Gasteiger partial charge in [0.1, 0.15) is 5.75 Å². The molecule has 1 unspecified atom stereocenters. The predicted molar refractivity (Wildman–Crippen MR) is 150 cm³/mol. The Morgan fingerprint density at radius 2 is 1.76 bits per heavy atom. The quantitative estimate of drug-likeness (QED) is 0.119. The molecule has 1 atom stereocenters. The SMILES string of the molecule is CCCCCCC1CCC(C(F)(F)Oc2ccc(/C=C/C(=O)OCC(C)c3ccc(N)cc3N)cc2)CC1. The molecule has 2 aromatic rings. The van der Waals surface area contributed by atoms with E-state index in [1.807, 2.05) is 13.0 Å². The van der Waals surface area contributed by atoms with E-state index in [0.29, 0.717) is 35.7 Å². The normalized spacial score (nSPS) is 18.8. The fraction of sp³-hybridized carbons (Fsp3) is 0.516. The standard InChI is InChI=1S/C31H42F2N2O3/c1-3-4-5-6-7-23-8-13-25(14-9-23)31(32,33)38-27-16-10-24(11-17-27)12-19-30(36)37-21-22(2)28-18-15-26(34)20-29(28)35/h10-12,15-20,22-23,25H,3-9,13-14,21,34-35H2,1-2H3/b19-12+. The lowest BCUT2D eigenvalue weighted by Crippen LogP contribution is -2.37. The van der Waals surface area contributed by atoms with Crippen LogP contribution in [0.1, 0.15) is 88.7 Å². The number of anilines is 2. The average molecular weight is 529 g/mol. The van der Waals surface area contributed by atoms with Crippen molar-refractivity contribution in [1.82, 2.24) is 0 Å². The van der Waals surface area contributed by atoms with E-state index in [9.17, 15) is 13.6 Å². The first-order valence-electron chi connectivity index (χ1n) is 13.8. The van der Waals surface area contributed by atoms with E-state index in [4.69, 9.17) is 20.9 Å². The Hall–Kier alpha value is -3.09. The molecule has 1 aliphatic rings. The van der Waals surface area contributed by atoms with E-state index in [1.165, 1.54) is 43.9 Å². The van der Waals surface area contributed by atoms with Gasteiger partial charge in [0.25, 0.3) is 0 Å². The Balaban J connectivity index is 1.43. The summed E-state index contributed by atoms with van der Waals surface area (Å²) in [4.78, 5) is 12.1. The number of halogens is 2. The molecule has 3 rings (SSSR count). The summed E-state index contributed by atoms with van der Waals surface area (Å²) in [6.07, 6.45) is 8.44. The first-order valence-corrected chi connectivity index (χ1v) is 13.8. The number of hydrogen-bond donors (Lipinski definition) is 2. The van der Waals surface area contributed by atoms with Crippen LogP contribution >= 0.6 is 0 Å². The number of esters is 1. The number of nitrogens with two attached hydrogens (primary N) is 2. The zero-order valence-electron chi connectivity index (χ0n) is 22.6. The van der Waals surface area contributed by atoms with Crippen LogP contribution in [0, 0.1) is 11.8 Å². The van der Waals surface area contributed by atoms with E-state index in [0.717, 1.165) is 24.8 Å². The van der Waals surface area contributed by atoms with Crippen LogP contribution in [0.3, 0.4) is 0 Å². The van der Waals surface area contributed by atoms with Crippen molar-refractivity contribution < 1.29 is 23.0 Å². The highest BCUT2D eigenvalue weighted by molar-refractivity contribution is 5.87. The topological polar surface area (TPSA) is 87.6 Å². The second-order valence-corrected chi connectivity index (χ2v) is 10.6. The van der Waals surface area contributed by atoms with Crippen LogP contribution < -0.4 is 16.2 Å². The maximum Gasteiger partial charge on any atom is 0.400 e. The van der Waals surface area contributed by atoms with Gasteiger partial charge in [0.15, 0.2) is 0 Å². The van der Waals surface area contributed by atoms with Crippen molar-refractivity contribution in [3.8, 4) is 5.75 Å². The number of alkyl halides is 2. The molecule has 5 nitrogen and oxygen atoms in total. The monoisotopic (exact) mass is 528 g/mol. The summed E-state index contributed by atoms with van der Waals surface area (Å²) in [5.74, 6) is -0.664. The van der Waals surface area contributed by atoms with E-state index < -0.39 is 18.0 Å². The molecular weight excluding hydrogens is 486 g/mol. The molecule has 0 amide bonds. The Kier molecular flexibility index (Phi) is 11.0. The van der Waals surface area contributed by atoms with Gasteiger partial charge in [0.2, 0.25) is 0 Å². The highest BCUT2D eigenvalue weighted by Gasteiger charge is 2.43. The van der Waals surface area contributed by atoms with Crippen molar-refractivity contribution >= 4 is 23.4 Å². The molecule has 7 heteroatoms. The van der Waals surface area contributed by atoms with Gasteiger partial charge >= 0.3 is 12.1 Å². The summed E-state index contributed by atoms with van der Waals surface area (Å²) < 4.78 is 40.1. The number of benzene rings is 2. The first-order chi connectivity index (χ1) is 18.2. The smallest absolute Gasteiger partial charge is 0.400 e. The van der Waals surface area contributed by atoms with Crippen LogP contribution in [0.25, 0.3) is 6.08 Å². The highest BCUT2D eigenvalue weighted by Crippen LogP contribution is 2.41. The number of ether oxygens (including phenoxy) is 2. The molecular formula is C31H42F2N2O3. The van der Waals surface area contributed by atoms with Gasteiger partial charge in [-0.05, 0) is 73.1 Å². The van der Waals surface area contributed by atoms with E-state index in [1.54, 1.807) is 30.3 Å². The maximum absolute atomic E-state index is 14.8. The van der Waals surface area contributed by atoms with Crippen LogP contribution in [0.2, 0.25) is 0 Å². The van der Waals surface area contributed by atoms with Crippen molar-refractivity contribution in [2.75, 3.05) is 18.1 Å². The van der Waals surface area contributed by atoms with Crippen molar-refractivity contribution in [3.63, 3.8) is 0 Å². The third kappa shape index (κ3) is 9.03. The highest BCUT2D eigenvalue weighted by atomic mass is 19.3. The lowest BCUT2D eigenvalue weighted by molar-refractivity contribution is -0.223. The van der Waals surface area contributed by atoms with Gasteiger partial charge in [-0.15, -0.1) is 0 Å². The number of carbonyl (C=O) groups is 1. The van der Waals surface area contributed by atoms with Crippen LogP contribution in [0.5, 0.6) is 5.75 Å². The van der Waals surface area contributed by atoms with Gasteiger partial charge < -0.3 is 20.9 Å². The van der Waals surface area contributed by atoms with Gasteiger partial charge in [-0.3, -0.25) is 0 Å². The molecule has 0 aliphatic heterocycles. The van der Waals surface area contributed by atoms with Crippen molar-refractivity contribution in [2.24, 2.45) is 11.8 Å². The van der Waals surface area contributed by atoms with Crippen molar-refractivity contribution in [3.05, 3.63) is 59.7 Å². The molecule has 38 heavy (non-hydrogen) atoms. The summed E-state index contributed by atoms with van der Waals surface area (Å²) in [5.41, 5.74) is 14.4. The zero-order valence-corrected chi connectivity index (χ0v) is 22.6. The number of unbranched alkanes of at least 4 members (excludes halogenated alkanes) is 3. The largest absolute Gasteiger partial charge is 0.462 e. The Morgan fingerprint density at radius 3 is 2.42 bits per heavy atom. The third-order valence-electron chi connectivity index (χ3n) is 7.45. The third-order valence-corrected chi connectivity index (χ3v) is 7.45. The summed E-state index contributed by atoms with van der Waals surface area (Å²) in [6, 6.07) is 11.5. The summed E-state index contributed by atoms with van der Waals surface area (Å²) in [7, 11) is 0. The molecule has 2 aromatic carbocycles. The first kappa shape index (κ1) is 29.5. The minimum absolute atomic E-state index is 0.0908. The van der Waals surface area contributed by atoms with Crippen LogP contribution in [-0.4, -0.2) is 18.7 Å². The number of carbonyl (C=O) groups excluding carboxylic acids is 1. The minimum atomic E-state index is -3.20. The lowest BCUT2D eigenvalue weighted by Gasteiger charge is -2.33. The molecule has 0 spiro atoms. The predicted octanol–water partition coefficient (Wildman–Crippen LogP) is 7.96. The number of hydrogen-bond acceptors (Lipinski definition) is 5. The molecule has 0 heterocycles. The number of nitrogen functional groups attached to an aromatic ring is 2. The van der Waals surface area contributed by atoms with Crippen molar-refractivity contribution in [2.45, 2.75) is 83.7 Å². The Labute approximate surface area is 225 Å². The molecule has 0 radical (unpaired) electrons. The molecule has 1 aliphatic carbocycles. The Bertz CT molecular complexity index is 1050. The molecule has 0 saturated heterocycles. The van der Waals surface area contributed by atoms with E-state index in [-0.39, 0.29) is 18.3 Å². The lowest BCUT2D eigenvalue weighted by atomic mass is 9.79. The molecule has 4 N–H and O–H groups in total.